The Kier molecular flexibility index (Phi) is 5.10. The van der Waals surface area contributed by atoms with Crippen LogP contribution in [-0.2, 0) is 17.1 Å². The number of benzene rings is 1. The number of hydrogen-bond donors (Lipinski definition) is 0. The molecule has 0 spiro atoms. The largest absolute Gasteiger partial charge is 2.00 e. The summed E-state index contributed by atoms with van der Waals surface area (Å²) in [6.45, 7) is 0. The first-order valence-corrected chi connectivity index (χ1v) is 6.65. The van der Waals surface area contributed by atoms with Gasteiger partial charge in [-0.1, -0.05) is 24.3 Å². The molecule has 0 aromatic heterocycles. The molecule has 0 bridgehead atoms. The summed E-state index contributed by atoms with van der Waals surface area (Å²) in [5.74, 6) is -0.487. The minimum atomic E-state index is -0.244. The second-order valence-corrected chi connectivity index (χ2v) is 4.60. The third kappa shape index (κ3) is 2.93. The van der Waals surface area contributed by atoms with Gasteiger partial charge >= 0.3 is 17.1 Å². The van der Waals surface area contributed by atoms with Crippen LogP contribution in [0.2, 0.25) is 0 Å². The van der Waals surface area contributed by atoms with Crippen molar-refractivity contribution in [1.82, 2.24) is 0 Å². The number of fused-ring (bicyclic) bond motifs is 1. The molecule has 0 fully saturated rings. The molecule has 2 amide bonds. The van der Waals surface area contributed by atoms with Gasteiger partial charge in [0.2, 0.25) is 0 Å². The van der Waals surface area contributed by atoms with Gasteiger partial charge in [-0.15, -0.1) is 12.1 Å². The fraction of sp³-hybridized carbons (Fsp3) is 0. The van der Waals surface area contributed by atoms with Crippen molar-refractivity contribution in [2.45, 2.75) is 0 Å². The van der Waals surface area contributed by atoms with Gasteiger partial charge < -0.3 is 14.5 Å². The molecule has 3 aromatic carbocycles. The molecule has 0 radical (unpaired) electrons. The molecular weight excluding hydrogens is 318 g/mol. The predicted octanol–water partition coefficient (Wildman–Crippen LogP) is 3.61. The zero-order valence-electron chi connectivity index (χ0n) is 11.6. The molecule has 22 heavy (non-hydrogen) atoms. The molecule has 3 aromatic rings. The van der Waals surface area contributed by atoms with Crippen molar-refractivity contribution in [2.75, 3.05) is 4.90 Å². The molecule has 4 heteroatoms. The summed E-state index contributed by atoms with van der Waals surface area (Å²) in [5, 5.41) is 0. The number of hydrogen-bond acceptors (Lipinski definition) is 2. The Balaban J connectivity index is 0.000000253. The van der Waals surface area contributed by atoms with E-state index < -0.39 is 0 Å². The van der Waals surface area contributed by atoms with E-state index in [9.17, 15) is 9.59 Å². The van der Waals surface area contributed by atoms with Crippen LogP contribution < -0.4 is 4.90 Å². The van der Waals surface area contributed by atoms with Crippen molar-refractivity contribution in [1.29, 1.82) is 0 Å². The van der Waals surface area contributed by atoms with Gasteiger partial charge in [-0.05, 0) is 5.69 Å². The molecule has 0 N–H and O–H groups in total. The minimum absolute atomic E-state index is 0. The molecule has 0 aliphatic carbocycles. The zero-order chi connectivity index (χ0) is 14.7. The van der Waals surface area contributed by atoms with Crippen LogP contribution in [0.4, 0.5) is 5.69 Å². The molecule has 1 heterocycles. The van der Waals surface area contributed by atoms with Gasteiger partial charge in [-0.25, -0.2) is 12.1 Å². The minimum Gasteiger partial charge on any atom is -0.341 e. The van der Waals surface area contributed by atoms with Gasteiger partial charge in [-0.3, -0.25) is 0 Å². The molecule has 3 nitrogen and oxygen atoms in total. The van der Waals surface area contributed by atoms with Gasteiger partial charge in [0.15, 0.2) is 11.8 Å². The van der Waals surface area contributed by atoms with Crippen LogP contribution in [0.3, 0.4) is 0 Å². The fourth-order valence-corrected chi connectivity index (χ4v) is 2.26. The molecule has 0 saturated carbocycles. The second-order valence-electron chi connectivity index (χ2n) is 4.60. The summed E-state index contributed by atoms with van der Waals surface area (Å²) in [5.41, 5.74) is 1.59. The summed E-state index contributed by atoms with van der Waals surface area (Å²) in [4.78, 5) is 25.2. The first-order valence-electron chi connectivity index (χ1n) is 6.65. The summed E-state index contributed by atoms with van der Waals surface area (Å²) >= 11 is 0. The fourth-order valence-electron chi connectivity index (χ4n) is 2.26. The van der Waals surface area contributed by atoms with E-state index in [0.717, 1.165) is 0 Å². The van der Waals surface area contributed by atoms with E-state index in [0.29, 0.717) is 16.8 Å². The Hall–Kier alpha value is -2.42. The Bertz CT molecular complexity index is 693. The molecule has 4 rings (SSSR count). The van der Waals surface area contributed by atoms with E-state index in [4.69, 9.17) is 0 Å². The SMILES string of the molecule is O=C1c2ccccc2C(=O)N1[c-]1cccc1.[Fe+2].c1cc[cH-]c1. The van der Waals surface area contributed by atoms with Crippen LogP contribution in [0.5, 0.6) is 0 Å². The van der Waals surface area contributed by atoms with E-state index in [1.807, 2.05) is 30.3 Å². The number of amides is 2. The van der Waals surface area contributed by atoms with E-state index in [-0.39, 0.29) is 28.9 Å². The van der Waals surface area contributed by atoms with Crippen LogP contribution in [0.25, 0.3) is 0 Å². The maximum Gasteiger partial charge on any atom is 2.00 e. The Morgan fingerprint density at radius 2 is 1.27 bits per heavy atom. The van der Waals surface area contributed by atoms with Crippen molar-refractivity contribution in [3.63, 3.8) is 0 Å². The topological polar surface area (TPSA) is 37.4 Å². The van der Waals surface area contributed by atoms with Crippen molar-refractivity contribution < 1.29 is 26.7 Å². The number of carbonyl (C=O) groups is 2. The quantitative estimate of drug-likeness (QED) is 0.388. The average molecular weight is 331 g/mol. The van der Waals surface area contributed by atoms with Crippen molar-refractivity contribution >= 4 is 17.5 Å². The smallest absolute Gasteiger partial charge is 0.341 e. The predicted molar refractivity (Wildman–Crippen MR) is 81.7 cm³/mol. The molecule has 110 valence electrons. The van der Waals surface area contributed by atoms with Gasteiger partial charge in [0.25, 0.3) is 0 Å². The van der Waals surface area contributed by atoms with Crippen LogP contribution in [0, 0.1) is 0 Å². The molecule has 0 saturated heterocycles. The first-order chi connectivity index (χ1) is 10.3. The third-order valence-corrected chi connectivity index (χ3v) is 3.25. The molecule has 1 aliphatic rings. The van der Waals surface area contributed by atoms with Crippen LogP contribution in [-0.4, -0.2) is 11.8 Å². The van der Waals surface area contributed by atoms with Gasteiger partial charge in [0.05, 0.1) is 0 Å². The summed E-state index contributed by atoms with van der Waals surface area (Å²) in [6.07, 6.45) is 0. The Morgan fingerprint density at radius 1 is 0.773 bits per heavy atom. The average Bonchev–Trinajstić information content (AvgIpc) is 3.25. The monoisotopic (exact) mass is 331 g/mol. The second kappa shape index (κ2) is 7.03. The van der Waals surface area contributed by atoms with Crippen LogP contribution in [0.15, 0.2) is 78.9 Å². The van der Waals surface area contributed by atoms with E-state index in [1.165, 1.54) is 4.90 Å². The third-order valence-electron chi connectivity index (χ3n) is 3.25. The Morgan fingerprint density at radius 3 is 1.68 bits per heavy atom. The summed E-state index contributed by atoms with van der Waals surface area (Å²) in [6, 6.07) is 24.0. The molecule has 0 atom stereocenters. The maximum atomic E-state index is 12.0. The first kappa shape index (κ1) is 16.0. The summed E-state index contributed by atoms with van der Waals surface area (Å²) < 4.78 is 0. The van der Waals surface area contributed by atoms with Gasteiger partial charge in [0.1, 0.15) is 0 Å². The van der Waals surface area contributed by atoms with Crippen LogP contribution in [0.1, 0.15) is 20.7 Å². The molecule has 1 aliphatic heterocycles. The van der Waals surface area contributed by atoms with E-state index in [2.05, 4.69) is 0 Å². The van der Waals surface area contributed by atoms with Crippen molar-refractivity contribution in [3.8, 4) is 0 Å². The molecular formula is C18H13FeNO2. The molecule has 0 unspecified atom stereocenters. The number of carbonyl (C=O) groups excluding carboxylic acids is 2. The van der Waals surface area contributed by atoms with E-state index >= 15 is 0 Å². The van der Waals surface area contributed by atoms with Crippen molar-refractivity contribution in [3.05, 3.63) is 90.0 Å². The van der Waals surface area contributed by atoms with Crippen molar-refractivity contribution in [2.24, 2.45) is 0 Å². The standard InChI is InChI=1S/C13H8NO2.C5H5.Fe/c15-12-10-7-3-4-8-11(10)13(16)14(12)9-5-1-2-6-9;1-2-4-5-3-1;/h1-8H;1-5H;/q2*-1;+2. The summed E-state index contributed by atoms with van der Waals surface area (Å²) in [7, 11) is 0. The maximum absolute atomic E-state index is 12.0. The normalized spacial score (nSPS) is 12.3. The van der Waals surface area contributed by atoms with E-state index in [1.54, 1.807) is 48.5 Å². The zero-order valence-corrected chi connectivity index (χ0v) is 12.7. The number of imide groups is 1. The Labute approximate surface area is 139 Å². The van der Waals surface area contributed by atoms with Gasteiger partial charge in [-0.2, -0.15) is 30.3 Å². The number of rotatable bonds is 1. The number of anilines is 1. The van der Waals surface area contributed by atoms with Gasteiger partial charge in [0, 0.05) is 11.1 Å². The number of nitrogens with zero attached hydrogens (tertiary/aromatic N) is 1. The van der Waals surface area contributed by atoms with Crippen LogP contribution >= 0.6 is 0 Å².